The van der Waals surface area contributed by atoms with Crippen LogP contribution >= 0.6 is 11.8 Å². The predicted octanol–water partition coefficient (Wildman–Crippen LogP) is 10.3. The van der Waals surface area contributed by atoms with Crippen molar-refractivity contribution in [2.45, 2.75) is 107 Å². The fraction of sp³-hybridized carbons (Fsp3) is 0.458. The van der Waals surface area contributed by atoms with Gasteiger partial charge in [-0.25, -0.2) is 0 Å². The fourth-order valence-corrected chi connectivity index (χ4v) is 10.3. The van der Waals surface area contributed by atoms with Gasteiger partial charge < -0.3 is 29.3 Å². The molecular formula is C48H58N2O6S. The number of aliphatic hydroxyl groups excluding tert-OH is 2. The molecule has 2 heterocycles. The molecule has 1 aliphatic heterocycles. The molecule has 1 aromatic heterocycles. The van der Waals surface area contributed by atoms with Crippen LogP contribution < -0.4 is 9.47 Å². The van der Waals surface area contributed by atoms with Crippen LogP contribution in [0.4, 0.5) is 0 Å². The largest absolute Gasteiger partial charge is 0.487 e. The normalized spacial score (nSPS) is 24.6. The number of benzene rings is 3. The highest BCUT2D eigenvalue weighted by molar-refractivity contribution is 8.00. The number of hydrogen-bond donors (Lipinski definition) is 2. The van der Waals surface area contributed by atoms with E-state index in [2.05, 4.69) is 72.2 Å². The summed E-state index contributed by atoms with van der Waals surface area (Å²) in [5.74, 6) is 0.594. The summed E-state index contributed by atoms with van der Waals surface area (Å²) in [6, 6.07) is 27.3. The summed E-state index contributed by atoms with van der Waals surface area (Å²) in [4.78, 5) is 12.1. The standard InChI is InChI=1S/C48H58N2O6S/c1-6-26-54-48-44(57-38-22-20-33-15-7-8-16-34(33)27-38)30-42(50-56-47(3,4)5)40-28-35(17-9-11-24-51)39(19-10-12-25-52)45(46(40)48)41-29-37(21-23-43(41)55-48)53-31-36-18-13-14-32(2)49-36/h6-8,13-16,18,20-23,27-29,35,39,44-46,51-52H,1,9-12,17,19,24-26,30-31H2,2-5H3/t35-,39+,44-,45+,46+,48+/m0/s1. The maximum absolute atomic E-state index is 9.96. The van der Waals surface area contributed by atoms with Crippen molar-refractivity contribution >= 4 is 28.2 Å². The van der Waals surface area contributed by atoms with Gasteiger partial charge in [0.1, 0.15) is 23.7 Å². The van der Waals surface area contributed by atoms with Gasteiger partial charge in [-0.2, -0.15) is 0 Å². The number of aliphatic hydroxyl groups is 2. The second-order valence-corrected chi connectivity index (χ2v) is 17.9. The van der Waals surface area contributed by atoms with Gasteiger partial charge in [-0.3, -0.25) is 4.98 Å². The summed E-state index contributed by atoms with van der Waals surface area (Å²) < 4.78 is 21.0. The molecule has 0 spiro atoms. The quantitative estimate of drug-likeness (QED) is 0.0619. The van der Waals surface area contributed by atoms with E-state index in [4.69, 9.17) is 24.2 Å². The van der Waals surface area contributed by atoms with Crippen molar-refractivity contribution in [1.29, 1.82) is 0 Å². The lowest BCUT2D eigenvalue weighted by atomic mass is 9.56. The summed E-state index contributed by atoms with van der Waals surface area (Å²) in [5.41, 5.74) is 4.45. The number of ether oxygens (including phenoxy) is 3. The Balaban J connectivity index is 1.40. The van der Waals surface area contributed by atoms with Crippen molar-refractivity contribution in [3.8, 4) is 11.5 Å². The summed E-state index contributed by atoms with van der Waals surface area (Å²) in [6.45, 7) is 13.1. The van der Waals surface area contributed by atoms with Gasteiger partial charge in [0.05, 0.1) is 29.2 Å². The number of fused-ring (bicyclic) bond motifs is 3. The zero-order valence-corrected chi connectivity index (χ0v) is 34.7. The highest BCUT2D eigenvalue weighted by atomic mass is 32.2. The van der Waals surface area contributed by atoms with E-state index in [0.717, 1.165) is 83.2 Å². The zero-order chi connectivity index (χ0) is 40.0. The third-order valence-electron chi connectivity index (χ3n) is 11.4. The Bertz CT molecular complexity index is 2080. The molecule has 2 N–H and O–H groups in total. The number of aryl methyl sites for hydroxylation is 1. The average Bonchev–Trinajstić information content (AvgIpc) is 3.20. The Hall–Kier alpha value is -4.15. The Morgan fingerprint density at radius 3 is 2.49 bits per heavy atom. The van der Waals surface area contributed by atoms with Crippen LogP contribution in [0.15, 0.2) is 113 Å². The molecule has 7 rings (SSSR count). The minimum atomic E-state index is -1.08. The van der Waals surface area contributed by atoms with Crippen molar-refractivity contribution in [3.05, 3.63) is 120 Å². The van der Waals surface area contributed by atoms with E-state index < -0.39 is 11.4 Å². The number of thioether (sulfide) groups is 1. The van der Waals surface area contributed by atoms with Gasteiger partial charge in [-0.15, -0.1) is 18.3 Å². The Kier molecular flexibility index (Phi) is 13.1. The molecule has 302 valence electrons. The van der Waals surface area contributed by atoms with E-state index in [0.29, 0.717) is 19.6 Å². The van der Waals surface area contributed by atoms with Gasteiger partial charge in [-0.05, 0) is 124 Å². The number of oxime groups is 1. The lowest BCUT2D eigenvalue weighted by Crippen LogP contribution is -2.64. The van der Waals surface area contributed by atoms with Crippen molar-refractivity contribution < 1.29 is 29.3 Å². The Labute approximate surface area is 342 Å². The second-order valence-electron chi connectivity index (χ2n) is 16.6. The maximum atomic E-state index is 9.96. The van der Waals surface area contributed by atoms with E-state index in [1.54, 1.807) is 11.8 Å². The van der Waals surface area contributed by atoms with Crippen molar-refractivity contribution in [2.24, 2.45) is 22.9 Å². The van der Waals surface area contributed by atoms with E-state index in [1.165, 1.54) is 10.8 Å². The molecule has 4 aromatic rings. The zero-order valence-electron chi connectivity index (χ0n) is 33.9. The molecule has 0 unspecified atom stereocenters. The third kappa shape index (κ3) is 9.28. The molecular weight excluding hydrogens is 733 g/mol. The topological polar surface area (TPSA) is 103 Å². The Morgan fingerprint density at radius 2 is 1.74 bits per heavy atom. The number of unbranched alkanes of at least 4 members (excludes halogenated alkanes) is 2. The molecule has 6 atom stereocenters. The number of allylic oxidation sites excluding steroid dienone is 1. The molecule has 1 fully saturated rings. The van der Waals surface area contributed by atoms with Crippen LogP contribution in [0.2, 0.25) is 0 Å². The Morgan fingerprint density at radius 1 is 0.947 bits per heavy atom. The first-order chi connectivity index (χ1) is 27.6. The summed E-state index contributed by atoms with van der Waals surface area (Å²) in [7, 11) is 0. The molecule has 0 saturated heterocycles. The molecule has 3 aliphatic rings. The molecule has 8 nitrogen and oxygen atoms in total. The van der Waals surface area contributed by atoms with Crippen LogP contribution in [0.25, 0.3) is 10.8 Å². The molecule has 0 radical (unpaired) electrons. The number of hydrogen-bond acceptors (Lipinski definition) is 9. The van der Waals surface area contributed by atoms with Gasteiger partial charge in [0, 0.05) is 41.7 Å². The average molecular weight is 791 g/mol. The summed E-state index contributed by atoms with van der Waals surface area (Å²) >= 11 is 1.77. The molecule has 0 bridgehead atoms. The predicted molar refractivity (Wildman–Crippen MR) is 229 cm³/mol. The van der Waals surface area contributed by atoms with Crippen molar-refractivity contribution in [2.75, 3.05) is 19.8 Å². The van der Waals surface area contributed by atoms with E-state index >= 15 is 0 Å². The lowest BCUT2D eigenvalue weighted by molar-refractivity contribution is -0.223. The first-order valence-corrected chi connectivity index (χ1v) is 21.5. The van der Waals surface area contributed by atoms with Crippen LogP contribution in [0.3, 0.4) is 0 Å². The second kappa shape index (κ2) is 18.2. The SMILES string of the molecule is C=CCO[C@@]12Oc3ccc(OCc4cccc(C)n4)cc3[C@H]3[C@H](CCCCO)[C@@H](CCCCO)C=C(C(=NOC(C)(C)C)C[C@@H]1Sc1ccc4ccccc4c1)[C@H]32. The maximum Gasteiger partial charge on any atom is 0.231 e. The van der Waals surface area contributed by atoms with Gasteiger partial charge in [0.15, 0.2) is 0 Å². The van der Waals surface area contributed by atoms with Crippen LogP contribution in [-0.2, 0) is 16.2 Å². The first-order valence-electron chi connectivity index (χ1n) is 20.6. The molecule has 57 heavy (non-hydrogen) atoms. The highest BCUT2D eigenvalue weighted by Crippen LogP contribution is 2.63. The molecule has 0 amide bonds. The van der Waals surface area contributed by atoms with Crippen LogP contribution in [0.1, 0.15) is 88.6 Å². The molecule has 9 heteroatoms. The number of rotatable bonds is 17. The minimum Gasteiger partial charge on any atom is -0.487 e. The van der Waals surface area contributed by atoms with E-state index in [1.807, 2.05) is 58.0 Å². The summed E-state index contributed by atoms with van der Waals surface area (Å²) in [6.07, 6.45) is 9.92. The lowest BCUT2D eigenvalue weighted by Gasteiger charge is -2.58. The third-order valence-corrected chi connectivity index (χ3v) is 12.7. The molecule has 2 aliphatic carbocycles. The van der Waals surface area contributed by atoms with Gasteiger partial charge in [0.2, 0.25) is 5.79 Å². The molecule has 1 saturated carbocycles. The first kappa shape index (κ1) is 41.0. The van der Waals surface area contributed by atoms with E-state index in [-0.39, 0.29) is 42.1 Å². The molecule has 3 aromatic carbocycles. The number of aromatic nitrogens is 1. The van der Waals surface area contributed by atoms with Crippen molar-refractivity contribution in [3.63, 3.8) is 0 Å². The number of nitrogens with zero attached hydrogens (tertiary/aromatic N) is 2. The van der Waals surface area contributed by atoms with Gasteiger partial charge in [0.25, 0.3) is 0 Å². The summed E-state index contributed by atoms with van der Waals surface area (Å²) in [5, 5.41) is 27.0. The highest BCUT2D eigenvalue weighted by Gasteiger charge is 2.64. The van der Waals surface area contributed by atoms with Gasteiger partial charge in [-0.1, -0.05) is 66.5 Å². The van der Waals surface area contributed by atoms with Crippen LogP contribution in [-0.4, -0.2) is 57.4 Å². The number of pyridine rings is 1. The van der Waals surface area contributed by atoms with Crippen LogP contribution in [0, 0.1) is 24.7 Å². The van der Waals surface area contributed by atoms with Crippen molar-refractivity contribution in [1.82, 2.24) is 4.98 Å². The minimum absolute atomic E-state index is 0.0307. The van der Waals surface area contributed by atoms with Crippen LogP contribution in [0.5, 0.6) is 11.5 Å². The van der Waals surface area contributed by atoms with Gasteiger partial charge >= 0.3 is 0 Å². The van der Waals surface area contributed by atoms with E-state index in [9.17, 15) is 10.2 Å². The monoisotopic (exact) mass is 790 g/mol. The fourth-order valence-electron chi connectivity index (χ4n) is 8.95. The smallest absolute Gasteiger partial charge is 0.231 e.